The monoisotopic (exact) mass is 158 g/mol. The molecule has 0 aromatic heterocycles. The van der Waals surface area contributed by atoms with Crippen molar-refractivity contribution in [1.29, 1.82) is 0 Å². The molecule has 0 unspecified atom stereocenters. The smallest absolute Gasteiger partial charge is 0.00877 e. The lowest BCUT2D eigenvalue weighted by molar-refractivity contribution is 0.552. The van der Waals surface area contributed by atoms with E-state index >= 15 is 0 Å². The van der Waals surface area contributed by atoms with Crippen LogP contribution in [0.1, 0.15) is 29.9 Å². The van der Waals surface area contributed by atoms with Crippen molar-refractivity contribution in [3.8, 4) is 0 Å². The number of hydrogen-bond donors (Lipinski definition) is 0. The molecule has 0 bridgehead atoms. The van der Waals surface area contributed by atoms with Gasteiger partial charge in [0.05, 0.1) is 0 Å². The summed E-state index contributed by atoms with van der Waals surface area (Å²) in [7, 11) is 0. The fourth-order valence-electron chi connectivity index (χ4n) is 1.71. The average Bonchev–Trinajstić information content (AvgIpc) is 2.01. The molecule has 62 valence electrons. The van der Waals surface area contributed by atoms with E-state index in [-0.39, 0.29) is 0 Å². The summed E-state index contributed by atoms with van der Waals surface area (Å²) in [6, 6.07) is 8.87. The average molecular weight is 158 g/mol. The zero-order chi connectivity index (χ0) is 8.55. The van der Waals surface area contributed by atoms with E-state index in [0.717, 1.165) is 5.92 Å². The second-order valence-corrected chi connectivity index (χ2v) is 3.77. The minimum Gasteiger partial charge on any atom is -0.0998 e. The summed E-state index contributed by atoms with van der Waals surface area (Å²) in [6.45, 7) is 6.08. The maximum atomic E-state index is 3.95. The third kappa shape index (κ3) is 1.29. The SMILES string of the molecule is C=C1CC(c2ccc(C)cc2)C1. The van der Waals surface area contributed by atoms with Crippen LogP contribution >= 0.6 is 0 Å². The first-order chi connectivity index (χ1) is 5.75. The summed E-state index contributed by atoms with van der Waals surface area (Å²) in [5.41, 5.74) is 4.23. The van der Waals surface area contributed by atoms with Crippen LogP contribution in [0.25, 0.3) is 0 Å². The molecule has 0 N–H and O–H groups in total. The normalized spacial score (nSPS) is 17.6. The third-order valence-electron chi connectivity index (χ3n) is 2.62. The van der Waals surface area contributed by atoms with Gasteiger partial charge in [0.2, 0.25) is 0 Å². The predicted octanol–water partition coefficient (Wildman–Crippen LogP) is 3.43. The Balaban J connectivity index is 2.14. The van der Waals surface area contributed by atoms with E-state index in [1.807, 2.05) is 0 Å². The Morgan fingerprint density at radius 1 is 1.17 bits per heavy atom. The van der Waals surface area contributed by atoms with Gasteiger partial charge in [0.15, 0.2) is 0 Å². The Hall–Kier alpha value is -1.04. The quantitative estimate of drug-likeness (QED) is 0.549. The molecule has 0 saturated heterocycles. The number of rotatable bonds is 1. The van der Waals surface area contributed by atoms with Gasteiger partial charge in [0.1, 0.15) is 0 Å². The van der Waals surface area contributed by atoms with Crippen LogP contribution in [0.3, 0.4) is 0 Å². The van der Waals surface area contributed by atoms with Gasteiger partial charge in [-0.05, 0) is 31.2 Å². The van der Waals surface area contributed by atoms with Gasteiger partial charge in [0, 0.05) is 0 Å². The second kappa shape index (κ2) is 2.78. The zero-order valence-electron chi connectivity index (χ0n) is 7.51. The van der Waals surface area contributed by atoms with Crippen LogP contribution in [0.15, 0.2) is 36.4 Å². The summed E-state index contributed by atoms with van der Waals surface area (Å²) in [6.07, 6.45) is 2.39. The summed E-state index contributed by atoms with van der Waals surface area (Å²) in [5, 5.41) is 0. The number of allylic oxidation sites excluding steroid dienone is 1. The fourth-order valence-corrected chi connectivity index (χ4v) is 1.71. The maximum absolute atomic E-state index is 3.95. The van der Waals surface area contributed by atoms with Gasteiger partial charge in [-0.2, -0.15) is 0 Å². The standard InChI is InChI=1S/C12H14/c1-9-3-5-11(6-4-9)12-7-10(2)8-12/h3-6,12H,2,7-8H2,1H3. The van der Waals surface area contributed by atoms with Crippen molar-refractivity contribution < 1.29 is 0 Å². The minimum absolute atomic E-state index is 0.762. The van der Waals surface area contributed by atoms with Crippen LogP contribution in [-0.4, -0.2) is 0 Å². The summed E-state index contributed by atoms with van der Waals surface area (Å²) < 4.78 is 0. The van der Waals surface area contributed by atoms with Crippen molar-refractivity contribution in [2.24, 2.45) is 0 Å². The van der Waals surface area contributed by atoms with Crippen LogP contribution in [0.5, 0.6) is 0 Å². The van der Waals surface area contributed by atoms with E-state index in [9.17, 15) is 0 Å². The van der Waals surface area contributed by atoms with Crippen LogP contribution in [0.4, 0.5) is 0 Å². The summed E-state index contributed by atoms with van der Waals surface area (Å²) in [4.78, 5) is 0. The molecule has 0 nitrogen and oxygen atoms in total. The van der Waals surface area contributed by atoms with Crippen LogP contribution < -0.4 is 0 Å². The number of hydrogen-bond acceptors (Lipinski definition) is 0. The van der Waals surface area contributed by atoms with Crippen LogP contribution in [0, 0.1) is 6.92 Å². The topological polar surface area (TPSA) is 0 Å². The third-order valence-corrected chi connectivity index (χ3v) is 2.62. The predicted molar refractivity (Wildman–Crippen MR) is 52.3 cm³/mol. The fraction of sp³-hybridized carbons (Fsp3) is 0.333. The van der Waals surface area contributed by atoms with Gasteiger partial charge in [-0.15, -0.1) is 0 Å². The first kappa shape index (κ1) is 7.60. The molecular weight excluding hydrogens is 144 g/mol. The highest BCUT2D eigenvalue weighted by atomic mass is 14.3. The van der Waals surface area contributed by atoms with Gasteiger partial charge in [-0.3, -0.25) is 0 Å². The van der Waals surface area contributed by atoms with Gasteiger partial charge < -0.3 is 0 Å². The van der Waals surface area contributed by atoms with Crippen molar-refractivity contribution in [1.82, 2.24) is 0 Å². The minimum atomic E-state index is 0.762. The Morgan fingerprint density at radius 2 is 1.75 bits per heavy atom. The molecule has 0 amide bonds. The molecule has 1 saturated carbocycles. The molecule has 0 heterocycles. The lowest BCUT2D eigenvalue weighted by Gasteiger charge is -2.28. The molecule has 0 spiro atoms. The summed E-state index contributed by atoms with van der Waals surface area (Å²) >= 11 is 0. The van der Waals surface area contributed by atoms with Gasteiger partial charge >= 0.3 is 0 Å². The Morgan fingerprint density at radius 3 is 2.25 bits per heavy atom. The van der Waals surface area contributed by atoms with Crippen LogP contribution in [-0.2, 0) is 0 Å². The molecule has 0 aliphatic heterocycles. The van der Waals surface area contributed by atoms with E-state index in [4.69, 9.17) is 0 Å². The van der Waals surface area contributed by atoms with Crippen molar-refractivity contribution in [2.75, 3.05) is 0 Å². The highest BCUT2D eigenvalue weighted by Crippen LogP contribution is 2.39. The second-order valence-electron chi connectivity index (χ2n) is 3.77. The van der Waals surface area contributed by atoms with E-state index < -0.39 is 0 Å². The van der Waals surface area contributed by atoms with Crippen LogP contribution in [0.2, 0.25) is 0 Å². The molecule has 0 radical (unpaired) electrons. The van der Waals surface area contributed by atoms with Gasteiger partial charge in [-0.1, -0.05) is 42.0 Å². The number of aryl methyl sites for hydroxylation is 1. The first-order valence-electron chi connectivity index (χ1n) is 4.49. The van der Waals surface area contributed by atoms with Gasteiger partial charge in [0.25, 0.3) is 0 Å². The van der Waals surface area contributed by atoms with Crippen molar-refractivity contribution >= 4 is 0 Å². The molecule has 0 heteroatoms. The van der Waals surface area contributed by atoms with Crippen molar-refractivity contribution in [3.63, 3.8) is 0 Å². The molecule has 12 heavy (non-hydrogen) atoms. The molecule has 2 rings (SSSR count). The lowest BCUT2D eigenvalue weighted by atomic mass is 9.76. The molecule has 1 fully saturated rings. The summed E-state index contributed by atoms with van der Waals surface area (Å²) in [5.74, 6) is 0.762. The molecule has 1 aliphatic rings. The van der Waals surface area contributed by atoms with E-state index in [0.29, 0.717) is 0 Å². The Kier molecular flexibility index (Phi) is 1.76. The van der Waals surface area contributed by atoms with E-state index in [2.05, 4.69) is 37.8 Å². The van der Waals surface area contributed by atoms with E-state index in [1.165, 1.54) is 29.5 Å². The Bertz CT molecular complexity index is 284. The largest absolute Gasteiger partial charge is 0.0998 e. The van der Waals surface area contributed by atoms with Crippen molar-refractivity contribution in [2.45, 2.75) is 25.7 Å². The maximum Gasteiger partial charge on any atom is -0.00877 e. The molecule has 1 aromatic rings. The first-order valence-corrected chi connectivity index (χ1v) is 4.49. The molecule has 0 atom stereocenters. The lowest BCUT2D eigenvalue weighted by Crippen LogP contribution is -2.11. The number of benzene rings is 1. The molecule has 1 aliphatic carbocycles. The molecule has 1 aromatic carbocycles. The highest BCUT2D eigenvalue weighted by molar-refractivity contribution is 5.30. The zero-order valence-corrected chi connectivity index (χ0v) is 7.51. The Labute approximate surface area is 73.9 Å². The van der Waals surface area contributed by atoms with Crippen molar-refractivity contribution in [3.05, 3.63) is 47.5 Å². The van der Waals surface area contributed by atoms with E-state index in [1.54, 1.807) is 0 Å². The highest BCUT2D eigenvalue weighted by Gasteiger charge is 2.22. The molecular formula is C12H14. The van der Waals surface area contributed by atoms with Gasteiger partial charge in [-0.25, -0.2) is 0 Å².